The highest BCUT2D eigenvalue weighted by Gasteiger charge is 2.20. The number of carbonyl (C=O) groups is 2. The molecule has 0 fully saturated rings. The molecule has 3 amide bonds. The van der Waals surface area contributed by atoms with Gasteiger partial charge in [0.15, 0.2) is 0 Å². The maximum Gasteiger partial charge on any atom is 0.318 e. The number of amides is 3. The van der Waals surface area contributed by atoms with Crippen LogP contribution >= 0.6 is 0 Å². The first-order valence-electron chi connectivity index (χ1n) is 6.23. The summed E-state index contributed by atoms with van der Waals surface area (Å²) in [7, 11) is 3.98. The molecule has 0 aromatic carbocycles. The Hall–Kier alpha value is -1.14. The van der Waals surface area contributed by atoms with Gasteiger partial charge in [0.05, 0.1) is 6.04 Å². The van der Waals surface area contributed by atoms with Gasteiger partial charge in [-0.1, -0.05) is 13.8 Å². The van der Waals surface area contributed by atoms with Crippen LogP contribution < -0.4 is 16.4 Å². The van der Waals surface area contributed by atoms with E-state index in [-0.39, 0.29) is 6.04 Å². The lowest BCUT2D eigenvalue weighted by molar-refractivity contribution is -0.121. The van der Waals surface area contributed by atoms with Gasteiger partial charge in [0, 0.05) is 12.6 Å². The van der Waals surface area contributed by atoms with Crippen molar-refractivity contribution in [1.29, 1.82) is 0 Å². The van der Waals surface area contributed by atoms with E-state index < -0.39 is 18.0 Å². The maximum atomic E-state index is 11.6. The highest BCUT2D eigenvalue weighted by Crippen LogP contribution is 2.06. The maximum absolute atomic E-state index is 11.6. The molecule has 0 rings (SSSR count). The Labute approximate surface area is 109 Å². The molecule has 106 valence electrons. The normalized spacial score (nSPS) is 14.6. The fourth-order valence-electron chi connectivity index (χ4n) is 1.86. The first kappa shape index (κ1) is 16.9. The van der Waals surface area contributed by atoms with E-state index in [1.165, 1.54) is 0 Å². The Morgan fingerprint density at radius 2 is 1.78 bits per heavy atom. The SMILES string of the molecule is CC(C)CC(CN(C)C)NC(C)C(=O)NC(N)=O. The van der Waals surface area contributed by atoms with Crippen LogP contribution in [0.4, 0.5) is 4.79 Å². The molecule has 0 spiro atoms. The van der Waals surface area contributed by atoms with Gasteiger partial charge in [0.2, 0.25) is 5.91 Å². The first-order chi connectivity index (χ1) is 8.22. The minimum absolute atomic E-state index is 0.202. The van der Waals surface area contributed by atoms with E-state index >= 15 is 0 Å². The summed E-state index contributed by atoms with van der Waals surface area (Å²) in [6, 6.07) is -1.06. The number of rotatable bonds is 7. The molecule has 0 bridgehead atoms. The number of primary amides is 1. The minimum atomic E-state index is -0.818. The summed E-state index contributed by atoms with van der Waals surface area (Å²) < 4.78 is 0. The topological polar surface area (TPSA) is 87.5 Å². The average Bonchev–Trinajstić information content (AvgIpc) is 2.13. The third-order valence-electron chi connectivity index (χ3n) is 2.47. The number of urea groups is 1. The van der Waals surface area contributed by atoms with Crippen molar-refractivity contribution in [2.45, 2.75) is 39.3 Å². The highest BCUT2D eigenvalue weighted by molar-refractivity contribution is 5.96. The predicted octanol–water partition coefficient (Wildman–Crippen LogP) is 0.136. The highest BCUT2D eigenvalue weighted by atomic mass is 16.2. The van der Waals surface area contributed by atoms with Crippen LogP contribution in [0.2, 0.25) is 0 Å². The molecule has 6 heteroatoms. The van der Waals surface area contributed by atoms with Crippen molar-refractivity contribution in [1.82, 2.24) is 15.5 Å². The summed E-state index contributed by atoms with van der Waals surface area (Å²) >= 11 is 0. The molecule has 18 heavy (non-hydrogen) atoms. The molecule has 0 aromatic rings. The molecular formula is C12H26N4O2. The Kier molecular flexibility index (Phi) is 7.54. The third kappa shape index (κ3) is 8.03. The predicted molar refractivity (Wildman–Crippen MR) is 72.1 cm³/mol. The zero-order valence-electron chi connectivity index (χ0n) is 12.0. The van der Waals surface area contributed by atoms with E-state index in [0.29, 0.717) is 5.92 Å². The minimum Gasteiger partial charge on any atom is -0.351 e. The Balaban J connectivity index is 4.36. The molecule has 0 radical (unpaired) electrons. The van der Waals surface area contributed by atoms with Gasteiger partial charge in [-0.25, -0.2) is 4.79 Å². The quantitative estimate of drug-likeness (QED) is 0.606. The molecule has 0 aliphatic heterocycles. The van der Waals surface area contributed by atoms with E-state index in [0.717, 1.165) is 13.0 Å². The van der Waals surface area contributed by atoms with Crippen LogP contribution in [0.1, 0.15) is 27.2 Å². The lowest BCUT2D eigenvalue weighted by Gasteiger charge is -2.26. The van der Waals surface area contributed by atoms with Gasteiger partial charge >= 0.3 is 6.03 Å². The lowest BCUT2D eigenvalue weighted by atomic mass is 10.0. The van der Waals surface area contributed by atoms with Crippen molar-refractivity contribution in [3.8, 4) is 0 Å². The molecule has 0 saturated heterocycles. The van der Waals surface area contributed by atoms with Crippen molar-refractivity contribution >= 4 is 11.9 Å². The van der Waals surface area contributed by atoms with Crippen molar-refractivity contribution in [3.05, 3.63) is 0 Å². The molecule has 0 aliphatic carbocycles. The molecule has 0 aromatic heterocycles. The number of hydrogen-bond acceptors (Lipinski definition) is 4. The summed E-state index contributed by atoms with van der Waals surface area (Å²) in [5.74, 6) is 0.142. The number of nitrogens with zero attached hydrogens (tertiary/aromatic N) is 1. The molecular weight excluding hydrogens is 232 g/mol. The molecule has 0 saturated carbocycles. The molecule has 4 N–H and O–H groups in total. The second-order valence-electron chi connectivity index (χ2n) is 5.33. The second-order valence-corrected chi connectivity index (χ2v) is 5.33. The monoisotopic (exact) mass is 258 g/mol. The average molecular weight is 258 g/mol. The van der Waals surface area contributed by atoms with Gasteiger partial charge < -0.3 is 16.0 Å². The van der Waals surface area contributed by atoms with Gasteiger partial charge in [-0.15, -0.1) is 0 Å². The fraction of sp³-hybridized carbons (Fsp3) is 0.833. The van der Waals surface area contributed by atoms with Gasteiger partial charge in [-0.05, 0) is 33.4 Å². The molecule has 0 aliphatic rings. The number of nitrogens with one attached hydrogen (secondary N) is 2. The van der Waals surface area contributed by atoms with Crippen molar-refractivity contribution in [2.75, 3.05) is 20.6 Å². The molecule has 0 heterocycles. The lowest BCUT2D eigenvalue weighted by Crippen LogP contribution is -2.51. The van der Waals surface area contributed by atoms with E-state index in [1.807, 2.05) is 14.1 Å². The number of nitrogens with two attached hydrogens (primary N) is 1. The van der Waals surface area contributed by atoms with Gasteiger partial charge in [-0.2, -0.15) is 0 Å². The van der Waals surface area contributed by atoms with Gasteiger partial charge in [0.25, 0.3) is 0 Å². The van der Waals surface area contributed by atoms with Crippen molar-refractivity contribution in [3.63, 3.8) is 0 Å². The van der Waals surface area contributed by atoms with Crippen LogP contribution in [-0.4, -0.2) is 49.6 Å². The number of likely N-dealkylation sites (N-methyl/N-ethyl adjacent to an activating group) is 1. The first-order valence-corrected chi connectivity index (χ1v) is 6.23. The van der Waals surface area contributed by atoms with E-state index in [2.05, 4.69) is 29.4 Å². The molecule has 6 nitrogen and oxygen atoms in total. The Morgan fingerprint density at radius 1 is 1.22 bits per heavy atom. The molecule has 2 atom stereocenters. The van der Waals surface area contributed by atoms with Crippen molar-refractivity contribution < 1.29 is 9.59 Å². The Bertz CT molecular complexity index is 269. The van der Waals surface area contributed by atoms with Crippen LogP contribution in [0.15, 0.2) is 0 Å². The van der Waals surface area contributed by atoms with Gasteiger partial charge in [0.1, 0.15) is 0 Å². The van der Waals surface area contributed by atoms with E-state index in [9.17, 15) is 9.59 Å². The zero-order chi connectivity index (χ0) is 14.3. The fourth-order valence-corrected chi connectivity index (χ4v) is 1.86. The molecule has 2 unspecified atom stereocenters. The van der Waals surface area contributed by atoms with E-state index in [4.69, 9.17) is 5.73 Å². The zero-order valence-corrected chi connectivity index (χ0v) is 12.0. The van der Waals surface area contributed by atoms with Crippen LogP contribution in [0, 0.1) is 5.92 Å². The Morgan fingerprint density at radius 3 is 2.17 bits per heavy atom. The van der Waals surface area contributed by atoms with Crippen LogP contribution in [0.5, 0.6) is 0 Å². The smallest absolute Gasteiger partial charge is 0.318 e. The summed E-state index contributed by atoms with van der Waals surface area (Å²) in [6.45, 7) is 6.84. The third-order valence-corrected chi connectivity index (χ3v) is 2.47. The number of carbonyl (C=O) groups excluding carboxylic acids is 2. The van der Waals surface area contributed by atoms with Crippen LogP contribution in [-0.2, 0) is 4.79 Å². The summed E-state index contributed by atoms with van der Waals surface area (Å²) in [4.78, 5) is 24.3. The largest absolute Gasteiger partial charge is 0.351 e. The summed E-state index contributed by atoms with van der Waals surface area (Å²) in [5.41, 5.74) is 4.92. The number of hydrogen-bond donors (Lipinski definition) is 3. The van der Waals surface area contributed by atoms with Crippen molar-refractivity contribution in [2.24, 2.45) is 11.7 Å². The van der Waals surface area contributed by atoms with Gasteiger partial charge in [-0.3, -0.25) is 10.1 Å². The summed E-state index contributed by atoms with van der Waals surface area (Å²) in [6.07, 6.45) is 0.965. The van der Waals surface area contributed by atoms with Crippen LogP contribution in [0.3, 0.4) is 0 Å². The summed E-state index contributed by atoms with van der Waals surface area (Å²) in [5, 5.41) is 5.30. The van der Waals surface area contributed by atoms with Crippen LogP contribution in [0.25, 0.3) is 0 Å². The standard InChI is InChI=1S/C12H26N4O2/c1-8(2)6-10(7-16(4)5)14-9(3)11(17)15-12(13)18/h8-10,14H,6-7H2,1-5H3,(H3,13,15,17,18). The van der Waals surface area contributed by atoms with E-state index in [1.54, 1.807) is 6.92 Å². The number of imide groups is 1. The second kappa shape index (κ2) is 8.05.